The lowest BCUT2D eigenvalue weighted by Gasteiger charge is -2.36. The summed E-state index contributed by atoms with van der Waals surface area (Å²) in [6.07, 6.45) is 6.18. The van der Waals surface area contributed by atoms with Gasteiger partial charge in [-0.15, -0.1) is 0 Å². The van der Waals surface area contributed by atoms with Crippen molar-refractivity contribution in [2.75, 3.05) is 26.7 Å². The number of hydrogen-bond donors (Lipinski definition) is 0. The minimum atomic E-state index is -0.281. The van der Waals surface area contributed by atoms with Crippen LogP contribution < -0.4 is 4.74 Å². The molecule has 132 valence electrons. The van der Waals surface area contributed by atoms with Crippen LogP contribution in [-0.4, -0.2) is 54.5 Å². The highest BCUT2D eigenvalue weighted by atomic mass is 19.1. The summed E-state index contributed by atoms with van der Waals surface area (Å²) < 4.78 is 19.1. The Kier molecular flexibility index (Phi) is 5.72. The average molecular weight is 334 g/mol. The molecule has 2 aliphatic rings. The smallest absolute Gasteiger partial charge is 0.239 e. The number of carbonyl (C=O) groups excluding carboxylic acids is 1. The first-order chi connectivity index (χ1) is 11.6. The number of amides is 1. The van der Waals surface area contributed by atoms with Gasteiger partial charge in [-0.1, -0.05) is 18.9 Å². The van der Waals surface area contributed by atoms with E-state index < -0.39 is 0 Å². The van der Waals surface area contributed by atoms with Crippen LogP contribution in [0.25, 0.3) is 0 Å². The molecule has 24 heavy (non-hydrogen) atoms. The Morgan fingerprint density at radius 1 is 1.12 bits per heavy atom. The van der Waals surface area contributed by atoms with E-state index >= 15 is 0 Å². The van der Waals surface area contributed by atoms with Crippen molar-refractivity contribution in [3.63, 3.8) is 0 Å². The van der Waals surface area contributed by atoms with Gasteiger partial charge in [-0.3, -0.25) is 9.69 Å². The number of likely N-dealkylation sites (N-methyl/N-ethyl adjacent to an activating group) is 1. The Morgan fingerprint density at radius 3 is 2.67 bits per heavy atom. The summed E-state index contributed by atoms with van der Waals surface area (Å²) in [5, 5.41) is 0. The van der Waals surface area contributed by atoms with Gasteiger partial charge in [0.15, 0.2) is 0 Å². The van der Waals surface area contributed by atoms with Crippen molar-refractivity contribution >= 4 is 5.91 Å². The topological polar surface area (TPSA) is 32.8 Å². The van der Waals surface area contributed by atoms with Crippen LogP contribution in [0.2, 0.25) is 0 Å². The Balaban J connectivity index is 1.51. The molecule has 0 aromatic heterocycles. The summed E-state index contributed by atoms with van der Waals surface area (Å²) in [7, 11) is 2.06. The van der Waals surface area contributed by atoms with E-state index in [1.54, 1.807) is 12.1 Å². The normalized spacial score (nSPS) is 23.8. The molecule has 0 N–H and O–H groups in total. The first-order valence-corrected chi connectivity index (χ1v) is 9.05. The van der Waals surface area contributed by atoms with E-state index in [4.69, 9.17) is 4.74 Å². The van der Waals surface area contributed by atoms with Gasteiger partial charge in [-0.2, -0.15) is 0 Å². The van der Waals surface area contributed by atoms with Crippen LogP contribution in [0, 0.1) is 5.82 Å². The minimum absolute atomic E-state index is 0.0354. The quantitative estimate of drug-likeness (QED) is 0.852. The van der Waals surface area contributed by atoms with Crippen LogP contribution in [0.4, 0.5) is 4.39 Å². The molecule has 2 saturated heterocycles. The highest BCUT2D eigenvalue weighted by molar-refractivity contribution is 5.82. The van der Waals surface area contributed by atoms with Crippen LogP contribution in [0.5, 0.6) is 5.75 Å². The maximum atomic E-state index is 13.2. The van der Waals surface area contributed by atoms with Gasteiger partial charge in [0.05, 0.1) is 6.04 Å². The molecule has 0 aliphatic carbocycles. The number of hydrogen-bond acceptors (Lipinski definition) is 3. The number of ether oxygens (including phenoxy) is 1. The molecular formula is C19H27FN2O2. The Labute approximate surface area is 143 Å². The van der Waals surface area contributed by atoms with Crippen molar-refractivity contribution in [2.45, 2.75) is 50.7 Å². The molecule has 1 atom stereocenters. The minimum Gasteiger partial charge on any atom is -0.490 e. The van der Waals surface area contributed by atoms with Crippen molar-refractivity contribution < 1.29 is 13.9 Å². The second-order valence-electron chi connectivity index (χ2n) is 6.95. The second kappa shape index (κ2) is 7.97. The van der Waals surface area contributed by atoms with Crippen molar-refractivity contribution in [3.8, 4) is 5.75 Å². The van der Waals surface area contributed by atoms with Crippen molar-refractivity contribution in [2.24, 2.45) is 0 Å². The second-order valence-corrected chi connectivity index (χ2v) is 6.95. The van der Waals surface area contributed by atoms with Crippen LogP contribution in [0.1, 0.15) is 38.5 Å². The summed E-state index contributed by atoms with van der Waals surface area (Å²) in [4.78, 5) is 17.0. The maximum absolute atomic E-state index is 13.2. The number of likely N-dealkylation sites (tertiary alicyclic amines) is 2. The average Bonchev–Trinajstić information content (AvgIpc) is 2.79. The van der Waals surface area contributed by atoms with Gasteiger partial charge in [0, 0.05) is 32.0 Å². The third-order valence-corrected chi connectivity index (χ3v) is 5.16. The summed E-state index contributed by atoms with van der Waals surface area (Å²) in [5.41, 5.74) is 0. The Morgan fingerprint density at radius 2 is 1.92 bits per heavy atom. The van der Waals surface area contributed by atoms with Gasteiger partial charge < -0.3 is 9.64 Å². The molecule has 0 saturated carbocycles. The number of rotatable bonds is 3. The highest BCUT2D eigenvalue weighted by Crippen LogP contribution is 2.22. The molecule has 0 unspecified atom stereocenters. The molecule has 0 spiro atoms. The fraction of sp³-hybridized carbons (Fsp3) is 0.632. The standard InChI is InChI=1S/C19H27FN2O2/c1-21-11-4-2-3-8-18(21)19(23)22-12-9-16(10-13-22)24-17-7-5-6-15(20)14-17/h5-7,14,16,18H,2-4,8-13H2,1H3/t18-/m1/s1. The van der Waals surface area contributed by atoms with E-state index in [2.05, 4.69) is 11.9 Å². The largest absolute Gasteiger partial charge is 0.490 e. The molecule has 2 aliphatic heterocycles. The fourth-order valence-corrected chi connectivity index (χ4v) is 3.70. The predicted molar refractivity (Wildman–Crippen MR) is 91.5 cm³/mol. The number of piperidine rings is 1. The zero-order chi connectivity index (χ0) is 16.9. The summed E-state index contributed by atoms with van der Waals surface area (Å²) in [6, 6.07) is 6.30. The first kappa shape index (κ1) is 17.2. The zero-order valence-corrected chi connectivity index (χ0v) is 14.4. The molecule has 1 aromatic rings. The van der Waals surface area contributed by atoms with Crippen molar-refractivity contribution in [1.29, 1.82) is 0 Å². The van der Waals surface area contributed by atoms with Crippen LogP contribution in [0.3, 0.4) is 0 Å². The molecule has 0 bridgehead atoms. The molecule has 5 heteroatoms. The lowest BCUT2D eigenvalue weighted by Crippen LogP contribution is -2.50. The number of benzene rings is 1. The summed E-state index contributed by atoms with van der Waals surface area (Å²) in [5.74, 6) is 0.559. The summed E-state index contributed by atoms with van der Waals surface area (Å²) >= 11 is 0. The van der Waals surface area contributed by atoms with Crippen LogP contribution in [-0.2, 0) is 4.79 Å². The van der Waals surface area contributed by atoms with E-state index in [1.165, 1.54) is 25.0 Å². The number of carbonyl (C=O) groups is 1. The molecule has 0 radical (unpaired) electrons. The van der Waals surface area contributed by atoms with Crippen molar-refractivity contribution in [1.82, 2.24) is 9.80 Å². The van der Waals surface area contributed by atoms with Gasteiger partial charge >= 0.3 is 0 Å². The van der Waals surface area contributed by atoms with Gasteiger partial charge in [0.1, 0.15) is 17.7 Å². The zero-order valence-electron chi connectivity index (χ0n) is 14.4. The van der Waals surface area contributed by atoms with E-state index in [1.807, 2.05) is 4.90 Å². The maximum Gasteiger partial charge on any atom is 0.239 e. The van der Waals surface area contributed by atoms with E-state index in [0.29, 0.717) is 5.75 Å². The van der Waals surface area contributed by atoms with Gasteiger partial charge in [0.2, 0.25) is 5.91 Å². The van der Waals surface area contributed by atoms with Crippen LogP contribution in [0.15, 0.2) is 24.3 Å². The molecular weight excluding hydrogens is 307 g/mol. The number of halogens is 1. The van der Waals surface area contributed by atoms with E-state index in [0.717, 1.165) is 45.3 Å². The third kappa shape index (κ3) is 4.26. The molecule has 4 nitrogen and oxygen atoms in total. The molecule has 2 heterocycles. The molecule has 2 fully saturated rings. The number of nitrogens with zero attached hydrogens (tertiary/aromatic N) is 2. The van der Waals surface area contributed by atoms with Crippen molar-refractivity contribution in [3.05, 3.63) is 30.1 Å². The molecule has 3 rings (SSSR count). The van der Waals surface area contributed by atoms with Gasteiger partial charge in [-0.25, -0.2) is 4.39 Å². The van der Waals surface area contributed by atoms with E-state index in [-0.39, 0.29) is 23.9 Å². The monoisotopic (exact) mass is 334 g/mol. The molecule has 1 amide bonds. The summed E-state index contributed by atoms with van der Waals surface area (Å²) in [6.45, 7) is 2.46. The lowest BCUT2D eigenvalue weighted by molar-refractivity contribution is -0.138. The SMILES string of the molecule is CN1CCCCC[C@@H]1C(=O)N1CCC(Oc2cccc(F)c2)CC1. The van der Waals surface area contributed by atoms with Crippen LogP contribution >= 0.6 is 0 Å². The van der Waals surface area contributed by atoms with E-state index in [9.17, 15) is 9.18 Å². The Hall–Kier alpha value is -1.62. The first-order valence-electron chi connectivity index (χ1n) is 9.05. The van der Waals surface area contributed by atoms with Gasteiger partial charge in [0.25, 0.3) is 0 Å². The predicted octanol–water partition coefficient (Wildman–Crippen LogP) is 3.07. The fourth-order valence-electron chi connectivity index (χ4n) is 3.70. The lowest BCUT2D eigenvalue weighted by atomic mass is 10.0. The third-order valence-electron chi connectivity index (χ3n) is 5.16. The Bertz CT molecular complexity index is 558. The highest BCUT2D eigenvalue weighted by Gasteiger charge is 2.31. The van der Waals surface area contributed by atoms with Gasteiger partial charge in [-0.05, 0) is 38.6 Å². The molecule has 1 aromatic carbocycles.